The lowest BCUT2D eigenvalue weighted by atomic mass is 10.1. The Kier molecular flexibility index (Phi) is 6.04. The van der Waals surface area contributed by atoms with E-state index in [1.165, 1.54) is 0 Å². The van der Waals surface area contributed by atoms with Gasteiger partial charge in [-0.3, -0.25) is 4.79 Å². The Bertz CT molecular complexity index is 626. The van der Waals surface area contributed by atoms with Crippen LogP contribution in [0.15, 0.2) is 24.3 Å². The molecule has 0 saturated carbocycles. The fraction of sp³-hybridized carbons (Fsp3) is 0.588. The molecular weight excluding hydrogens is 312 g/mol. The van der Waals surface area contributed by atoms with Gasteiger partial charge in [-0.25, -0.2) is 8.42 Å². The van der Waals surface area contributed by atoms with Gasteiger partial charge in [-0.2, -0.15) is 0 Å². The molecule has 1 aromatic rings. The molecule has 128 valence electrons. The van der Waals surface area contributed by atoms with E-state index in [1.54, 1.807) is 0 Å². The Morgan fingerprint density at radius 3 is 2.48 bits per heavy atom. The van der Waals surface area contributed by atoms with Gasteiger partial charge in [0, 0.05) is 30.4 Å². The average Bonchev–Trinajstić information content (AvgIpc) is 2.87. The highest BCUT2D eigenvalue weighted by molar-refractivity contribution is 7.91. The molecule has 0 bridgehead atoms. The number of nitrogens with one attached hydrogen (secondary N) is 1. The Labute approximate surface area is 139 Å². The van der Waals surface area contributed by atoms with E-state index in [0.717, 1.165) is 30.8 Å². The third-order valence-corrected chi connectivity index (χ3v) is 5.98. The van der Waals surface area contributed by atoms with Crippen molar-refractivity contribution in [2.45, 2.75) is 45.6 Å². The van der Waals surface area contributed by atoms with Crippen LogP contribution in [0.1, 0.15) is 39.5 Å². The van der Waals surface area contributed by atoms with Crippen LogP contribution in [0.5, 0.6) is 0 Å². The quantitative estimate of drug-likeness (QED) is 0.830. The topological polar surface area (TPSA) is 66.5 Å². The van der Waals surface area contributed by atoms with Crippen molar-refractivity contribution in [3.8, 4) is 0 Å². The predicted molar refractivity (Wildman–Crippen MR) is 94.7 cm³/mol. The lowest BCUT2D eigenvalue weighted by Gasteiger charge is -2.29. The highest BCUT2D eigenvalue weighted by Gasteiger charge is 2.31. The zero-order valence-corrected chi connectivity index (χ0v) is 14.7. The van der Waals surface area contributed by atoms with Gasteiger partial charge in [-0.05, 0) is 44.0 Å². The molecular formula is C17H26N2O3S. The average molecular weight is 338 g/mol. The molecule has 1 unspecified atom stereocenters. The Morgan fingerprint density at radius 1 is 1.26 bits per heavy atom. The molecule has 1 N–H and O–H groups in total. The lowest BCUT2D eigenvalue weighted by Crippen LogP contribution is -2.36. The lowest BCUT2D eigenvalue weighted by molar-refractivity contribution is -0.116. The number of hydrogen-bond donors (Lipinski definition) is 1. The van der Waals surface area contributed by atoms with Crippen LogP contribution in [0.2, 0.25) is 0 Å². The fourth-order valence-corrected chi connectivity index (χ4v) is 4.70. The van der Waals surface area contributed by atoms with Gasteiger partial charge >= 0.3 is 0 Å². The van der Waals surface area contributed by atoms with Crippen LogP contribution < -0.4 is 10.2 Å². The van der Waals surface area contributed by atoms with Gasteiger partial charge in [-0.15, -0.1) is 0 Å². The van der Waals surface area contributed by atoms with E-state index in [0.29, 0.717) is 12.8 Å². The first-order valence-electron chi connectivity index (χ1n) is 8.32. The maximum atomic E-state index is 11.7. The molecule has 1 aromatic carbocycles. The normalized spacial score (nSPS) is 19.5. The van der Waals surface area contributed by atoms with Crippen LogP contribution in [0.3, 0.4) is 0 Å². The molecule has 1 saturated heterocycles. The van der Waals surface area contributed by atoms with Crippen molar-refractivity contribution in [3.05, 3.63) is 24.3 Å². The van der Waals surface area contributed by atoms with Crippen molar-refractivity contribution < 1.29 is 13.2 Å². The van der Waals surface area contributed by atoms with Crippen molar-refractivity contribution in [1.82, 2.24) is 0 Å². The van der Waals surface area contributed by atoms with Gasteiger partial charge in [0.2, 0.25) is 5.91 Å². The molecule has 1 aliphatic heterocycles. The second kappa shape index (κ2) is 7.81. The van der Waals surface area contributed by atoms with Crippen LogP contribution in [0.25, 0.3) is 0 Å². The summed E-state index contributed by atoms with van der Waals surface area (Å²) < 4.78 is 23.4. The zero-order valence-electron chi connectivity index (χ0n) is 13.9. The fourth-order valence-electron chi connectivity index (χ4n) is 2.97. The second-order valence-corrected chi connectivity index (χ2v) is 8.27. The molecule has 0 radical (unpaired) electrons. The Morgan fingerprint density at radius 2 is 1.96 bits per heavy atom. The van der Waals surface area contributed by atoms with Crippen LogP contribution in [-0.2, 0) is 14.6 Å². The van der Waals surface area contributed by atoms with Gasteiger partial charge < -0.3 is 10.2 Å². The van der Waals surface area contributed by atoms with E-state index < -0.39 is 9.84 Å². The molecule has 6 heteroatoms. The molecule has 0 aromatic heterocycles. The maximum Gasteiger partial charge on any atom is 0.224 e. The van der Waals surface area contributed by atoms with Gasteiger partial charge in [0.05, 0.1) is 11.5 Å². The molecule has 1 amide bonds. The van der Waals surface area contributed by atoms with Gasteiger partial charge in [0.1, 0.15) is 0 Å². The van der Waals surface area contributed by atoms with Gasteiger partial charge in [-0.1, -0.05) is 13.3 Å². The van der Waals surface area contributed by atoms with E-state index >= 15 is 0 Å². The van der Waals surface area contributed by atoms with Crippen molar-refractivity contribution in [1.29, 1.82) is 0 Å². The SMILES string of the molecule is CCCCC(=O)Nc1ccc(N(CC)C2CCS(=O)(=O)C2)cc1. The first-order chi connectivity index (χ1) is 10.9. The standard InChI is InChI=1S/C17H26N2O3S/c1-3-5-6-17(20)18-14-7-9-15(10-8-14)19(4-2)16-11-12-23(21,22)13-16/h7-10,16H,3-6,11-13H2,1-2H3,(H,18,20). The number of nitrogens with zero attached hydrogens (tertiary/aromatic N) is 1. The summed E-state index contributed by atoms with van der Waals surface area (Å²) in [5.41, 5.74) is 1.78. The summed E-state index contributed by atoms with van der Waals surface area (Å²) in [6.45, 7) is 4.86. The monoisotopic (exact) mass is 338 g/mol. The van der Waals surface area contributed by atoms with Crippen molar-refractivity contribution in [2.75, 3.05) is 28.3 Å². The number of anilines is 2. The van der Waals surface area contributed by atoms with Gasteiger partial charge in [0.15, 0.2) is 9.84 Å². The highest BCUT2D eigenvalue weighted by atomic mass is 32.2. The summed E-state index contributed by atoms with van der Waals surface area (Å²) in [6.07, 6.45) is 3.12. The molecule has 23 heavy (non-hydrogen) atoms. The van der Waals surface area contributed by atoms with E-state index in [-0.39, 0.29) is 23.5 Å². The van der Waals surface area contributed by atoms with E-state index in [2.05, 4.69) is 17.1 Å². The third kappa shape index (κ3) is 4.96. The summed E-state index contributed by atoms with van der Waals surface area (Å²) in [6, 6.07) is 7.71. The number of rotatable bonds is 7. The third-order valence-electron chi connectivity index (χ3n) is 4.23. The summed E-state index contributed by atoms with van der Waals surface area (Å²) in [4.78, 5) is 13.9. The number of benzene rings is 1. The smallest absolute Gasteiger partial charge is 0.224 e. The minimum Gasteiger partial charge on any atom is -0.368 e. The molecule has 1 fully saturated rings. The molecule has 0 spiro atoms. The van der Waals surface area contributed by atoms with Crippen LogP contribution in [0.4, 0.5) is 11.4 Å². The molecule has 1 aliphatic rings. The first kappa shape index (κ1) is 17.8. The molecule has 0 aliphatic carbocycles. The van der Waals surface area contributed by atoms with Crippen molar-refractivity contribution >= 4 is 27.1 Å². The number of hydrogen-bond acceptors (Lipinski definition) is 4. The molecule has 1 atom stereocenters. The van der Waals surface area contributed by atoms with Gasteiger partial charge in [0.25, 0.3) is 0 Å². The number of carbonyl (C=O) groups is 1. The zero-order chi connectivity index (χ0) is 16.9. The van der Waals surface area contributed by atoms with E-state index in [1.807, 2.05) is 31.2 Å². The number of unbranched alkanes of at least 4 members (excludes halogenated alkanes) is 1. The van der Waals surface area contributed by atoms with E-state index in [9.17, 15) is 13.2 Å². The van der Waals surface area contributed by atoms with Crippen molar-refractivity contribution in [3.63, 3.8) is 0 Å². The Hall–Kier alpha value is -1.56. The van der Waals surface area contributed by atoms with Crippen molar-refractivity contribution in [2.24, 2.45) is 0 Å². The highest BCUT2D eigenvalue weighted by Crippen LogP contribution is 2.25. The van der Waals surface area contributed by atoms with Crippen LogP contribution in [-0.4, -0.2) is 38.4 Å². The molecule has 2 rings (SSSR count). The van der Waals surface area contributed by atoms with Crippen LogP contribution in [0, 0.1) is 0 Å². The summed E-state index contributed by atoms with van der Waals surface area (Å²) >= 11 is 0. The molecule has 1 heterocycles. The van der Waals surface area contributed by atoms with Crippen LogP contribution >= 0.6 is 0 Å². The molecule has 5 nitrogen and oxygen atoms in total. The predicted octanol–water partition coefficient (Wildman–Crippen LogP) is 2.83. The van der Waals surface area contributed by atoms with E-state index in [4.69, 9.17) is 0 Å². The minimum absolute atomic E-state index is 0.0360. The summed E-state index contributed by atoms with van der Waals surface area (Å²) in [5.74, 6) is 0.546. The summed E-state index contributed by atoms with van der Waals surface area (Å²) in [7, 11) is -2.89. The minimum atomic E-state index is -2.89. The number of carbonyl (C=O) groups excluding carboxylic acids is 1. The first-order valence-corrected chi connectivity index (χ1v) is 10.1. The second-order valence-electron chi connectivity index (χ2n) is 6.04. The largest absolute Gasteiger partial charge is 0.368 e. The Balaban J connectivity index is 2.01. The number of amides is 1. The number of sulfone groups is 1. The summed E-state index contributed by atoms with van der Waals surface area (Å²) in [5, 5.41) is 2.89. The maximum absolute atomic E-state index is 11.7.